The molecule has 10 nitrogen and oxygen atoms in total. The SMILES string of the molecule is COOC/N=C(\SC)C(=Nc1ccc(C#N)c(CNC(=O)OCCS(C)(C)C)c1)c1cc(OC)cc(OC)c1F.[HH]. The summed E-state index contributed by atoms with van der Waals surface area (Å²) in [6.45, 7) is 0.188. The van der Waals surface area contributed by atoms with E-state index in [-0.39, 0.29) is 31.7 Å². The molecule has 0 fully saturated rings. The first-order valence-electron chi connectivity index (χ1n) is 11.9. The van der Waals surface area contributed by atoms with E-state index in [0.717, 1.165) is 5.75 Å². The second-order valence-electron chi connectivity index (χ2n) is 8.97. The molecule has 0 atom stereocenters. The van der Waals surface area contributed by atoms with Gasteiger partial charge in [-0.2, -0.15) is 5.26 Å². The predicted octanol–water partition coefficient (Wildman–Crippen LogP) is 5.30. The zero-order valence-corrected chi connectivity index (χ0v) is 25.3. The van der Waals surface area contributed by atoms with Gasteiger partial charge in [-0.1, -0.05) is 0 Å². The van der Waals surface area contributed by atoms with Crippen molar-refractivity contribution in [1.29, 1.82) is 5.26 Å². The molecule has 2 aromatic carbocycles. The van der Waals surface area contributed by atoms with E-state index in [4.69, 9.17) is 24.1 Å². The summed E-state index contributed by atoms with van der Waals surface area (Å²) in [6.07, 6.45) is 7.59. The van der Waals surface area contributed by atoms with E-state index in [0.29, 0.717) is 34.2 Å². The molecule has 0 aromatic heterocycles. The first kappa shape index (κ1) is 32.9. The Hall–Kier alpha value is -3.31. The van der Waals surface area contributed by atoms with Crippen LogP contribution in [-0.2, 0) is 21.1 Å². The molecule has 2 aromatic rings. The van der Waals surface area contributed by atoms with E-state index in [9.17, 15) is 10.1 Å². The number of rotatable bonds is 13. The highest BCUT2D eigenvalue weighted by Crippen LogP contribution is 2.33. The summed E-state index contributed by atoms with van der Waals surface area (Å²) in [5.41, 5.74) is 1.51. The van der Waals surface area contributed by atoms with Crippen molar-refractivity contribution in [2.24, 2.45) is 9.98 Å². The molecular formula is C27H37FN4O6S2. The fourth-order valence-electron chi connectivity index (χ4n) is 3.25. The van der Waals surface area contributed by atoms with E-state index in [2.05, 4.69) is 40.0 Å². The van der Waals surface area contributed by atoms with Crippen molar-refractivity contribution in [3.8, 4) is 17.6 Å². The summed E-state index contributed by atoms with van der Waals surface area (Å²) < 4.78 is 31.3. The standard InChI is InChI=1S/C27H35FN4O6S2.H2/c1-34-21-13-22(24(28)23(14-21)35-2)25(26(39-4)31-17-38-36-3)32-20-9-8-18(15-29)19(12-20)16-30-27(33)37-10-11-40(5,6)7;/h8-9,12-14H,10-11,16-17H2,1-7H3,(H,30,33);1H/b31-26-,32-25?;. The van der Waals surface area contributed by atoms with Crippen molar-refractivity contribution >= 4 is 44.3 Å². The van der Waals surface area contributed by atoms with Gasteiger partial charge < -0.3 is 19.5 Å². The summed E-state index contributed by atoms with van der Waals surface area (Å²) in [7, 11) is 3.36. The number of benzene rings is 2. The van der Waals surface area contributed by atoms with E-state index in [1.807, 2.05) is 0 Å². The molecule has 0 radical (unpaired) electrons. The molecule has 0 saturated heterocycles. The van der Waals surface area contributed by atoms with E-state index < -0.39 is 21.9 Å². The van der Waals surface area contributed by atoms with E-state index in [1.54, 1.807) is 24.5 Å². The van der Waals surface area contributed by atoms with Gasteiger partial charge in [0.15, 0.2) is 18.3 Å². The number of thioether (sulfide) groups is 1. The van der Waals surface area contributed by atoms with Crippen molar-refractivity contribution < 1.29 is 34.6 Å². The number of ether oxygens (including phenoxy) is 3. The van der Waals surface area contributed by atoms with Gasteiger partial charge in [-0.3, -0.25) is 0 Å². The smallest absolute Gasteiger partial charge is 0.407 e. The highest BCUT2D eigenvalue weighted by atomic mass is 32.3. The third kappa shape index (κ3) is 10.0. The Balaban J connectivity index is 0.00000840. The molecule has 13 heteroatoms. The molecule has 0 aliphatic rings. The van der Waals surface area contributed by atoms with Crippen molar-refractivity contribution in [3.05, 3.63) is 52.8 Å². The molecule has 0 aliphatic heterocycles. The lowest BCUT2D eigenvalue weighted by Crippen LogP contribution is -2.25. The predicted molar refractivity (Wildman–Crippen MR) is 161 cm³/mol. The van der Waals surface area contributed by atoms with Crippen LogP contribution in [0.5, 0.6) is 11.5 Å². The maximum absolute atomic E-state index is 15.5. The van der Waals surface area contributed by atoms with Crippen LogP contribution in [-0.4, -0.2) is 82.3 Å². The Morgan fingerprint density at radius 1 is 1.18 bits per heavy atom. The summed E-state index contributed by atoms with van der Waals surface area (Å²) in [5.74, 6) is 0.446. The molecule has 0 unspecified atom stereocenters. The van der Waals surface area contributed by atoms with E-state index in [1.165, 1.54) is 45.2 Å². The van der Waals surface area contributed by atoms with Crippen LogP contribution in [0.1, 0.15) is 18.1 Å². The van der Waals surface area contributed by atoms with Gasteiger partial charge in [-0.05, 0) is 54.9 Å². The third-order valence-corrected chi connectivity index (χ3v) is 7.40. The van der Waals surface area contributed by atoms with Gasteiger partial charge in [-0.15, -0.1) is 11.8 Å². The molecule has 40 heavy (non-hydrogen) atoms. The number of methoxy groups -OCH3 is 2. The minimum atomic E-state index is -0.798. The van der Waals surface area contributed by atoms with Crippen LogP contribution in [0.25, 0.3) is 0 Å². The Bertz CT molecular complexity index is 1280. The molecular weight excluding hydrogens is 559 g/mol. The highest BCUT2D eigenvalue weighted by molar-refractivity contribution is 8.32. The molecule has 0 aliphatic carbocycles. The van der Waals surface area contributed by atoms with Crippen LogP contribution in [0.15, 0.2) is 40.3 Å². The van der Waals surface area contributed by atoms with Gasteiger partial charge in [0.25, 0.3) is 0 Å². The molecule has 1 N–H and O–H groups in total. The Morgan fingerprint density at radius 2 is 1.93 bits per heavy atom. The van der Waals surface area contributed by atoms with Crippen molar-refractivity contribution in [2.45, 2.75) is 6.54 Å². The lowest BCUT2D eigenvalue weighted by molar-refractivity contribution is -0.270. The zero-order valence-electron chi connectivity index (χ0n) is 23.7. The highest BCUT2D eigenvalue weighted by Gasteiger charge is 2.21. The Labute approximate surface area is 241 Å². The van der Waals surface area contributed by atoms with Crippen LogP contribution in [0.2, 0.25) is 0 Å². The lowest BCUT2D eigenvalue weighted by Gasteiger charge is -2.24. The number of aliphatic imine (C=N–C) groups is 2. The van der Waals surface area contributed by atoms with Crippen LogP contribution >= 0.6 is 21.8 Å². The average molecular weight is 597 g/mol. The Morgan fingerprint density at radius 3 is 2.52 bits per heavy atom. The van der Waals surface area contributed by atoms with Crippen LogP contribution < -0.4 is 14.8 Å². The second kappa shape index (κ2) is 16.1. The number of hydrogen-bond donors (Lipinski definition) is 1. The average Bonchev–Trinajstić information content (AvgIpc) is 2.93. The summed E-state index contributed by atoms with van der Waals surface area (Å²) >= 11 is 1.22. The van der Waals surface area contributed by atoms with Crippen LogP contribution in [0.3, 0.4) is 0 Å². The number of nitrogens with one attached hydrogen (secondary N) is 1. The number of carbonyl (C=O) groups excluding carboxylic acids is 1. The molecule has 220 valence electrons. The zero-order chi connectivity index (χ0) is 29.7. The van der Waals surface area contributed by atoms with Crippen molar-refractivity contribution in [1.82, 2.24) is 5.32 Å². The number of nitriles is 1. The van der Waals surface area contributed by atoms with Crippen molar-refractivity contribution in [3.63, 3.8) is 0 Å². The molecule has 1 amide bonds. The third-order valence-electron chi connectivity index (χ3n) is 5.30. The van der Waals surface area contributed by atoms with Crippen LogP contribution in [0.4, 0.5) is 14.9 Å². The minimum Gasteiger partial charge on any atom is -0.497 e. The lowest BCUT2D eigenvalue weighted by atomic mass is 10.1. The molecule has 2 rings (SSSR count). The number of halogens is 1. The molecule has 0 spiro atoms. The van der Waals surface area contributed by atoms with Crippen molar-refractivity contribution in [2.75, 3.05) is 65.4 Å². The monoisotopic (exact) mass is 596 g/mol. The molecule has 0 heterocycles. The van der Waals surface area contributed by atoms with Crippen LogP contribution in [0, 0.1) is 17.1 Å². The summed E-state index contributed by atoms with van der Waals surface area (Å²) in [5, 5.41) is 12.6. The number of carbonyl (C=O) groups is 1. The fourth-order valence-corrected chi connectivity index (χ4v) is 4.36. The van der Waals surface area contributed by atoms with Gasteiger partial charge in [-0.25, -0.2) is 39.0 Å². The maximum Gasteiger partial charge on any atom is 0.407 e. The number of hydrogen-bond acceptors (Lipinski definition) is 10. The first-order valence-corrected chi connectivity index (χ1v) is 16.2. The molecule has 0 saturated carbocycles. The topological polar surface area (TPSA) is 124 Å². The van der Waals surface area contributed by atoms with Gasteiger partial charge in [0.1, 0.15) is 23.1 Å². The minimum absolute atomic E-state index is 0. The van der Waals surface area contributed by atoms with Gasteiger partial charge in [0, 0.05) is 25.4 Å². The largest absolute Gasteiger partial charge is 0.497 e. The molecule has 0 bridgehead atoms. The quantitative estimate of drug-likeness (QED) is 0.109. The van der Waals surface area contributed by atoms with Gasteiger partial charge in [0.05, 0.1) is 38.6 Å². The summed E-state index contributed by atoms with van der Waals surface area (Å²) in [4.78, 5) is 30.8. The van der Waals surface area contributed by atoms with E-state index >= 15 is 4.39 Å². The van der Waals surface area contributed by atoms with Gasteiger partial charge >= 0.3 is 6.09 Å². The normalized spacial score (nSPS) is 12.5. The summed E-state index contributed by atoms with van der Waals surface area (Å²) in [6, 6.07) is 9.86. The number of nitrogens with zero attached hydrogens (tertiary/aromatic N) is 3. The second-order valence-corrected chi connectivity index (χ2v) is 14.4. The fraction of sp³-hybridized carbons (Fsp3) is 0.407. The van der Waals surface area contributed by atoms with Gasteiger partial charge in [0.2, 0.25) is 0 Å². The number of amides is 1. The number of alkyl carbamates (subject to hydrolysis) is 1. The first-order chi connectivity index (χ1) is 19.1. The maximum atomic E-state index is 15.5. The Kier molecular flexibility index (Phi) is 13.2.